The van der Waals surface area contributed by atoms with Crippen molar-refractivity contribution in [2.24, 2.45) is 0 Å². The van der Waals surface area contributed by atoms with Gasteiger partial charge in [0.1, 0.15) is 11.3 Å². The first-order chi connectivity index (χ1) is 12.3. The van der Waals surface area contributed by atoms with E-state index < -0.39 is 18.3 Å². The van der Waals surface area contributed by atoms with Gasteiger partial charge in [-0.05, 0) is 30.3 Å². The summed E-state index contributed by atoms with van der Waals surface area (Å²) in [6.45, 7) is -1.50. The SMILES string of the molecule is COc1ccc(-n2c(=O)c(Cl)nc3ccc(OCC(F)(F)F)nc32)cc1. The van der Waals surface area contributed by atoms with E-state index in [1.807, 2.05) is 0 Å². The smallest absolute Gasteiger partial charge is 0.422 e. The summed E-state index contributed by atoms with van der Waals surface area (Å²) in [6.07, 6.45) is -4.51. The van der Waals surface area contributed by atoms with Gasteiger partial charge in [0.05, 0.1) is 12.8 Å². The van der Waals surface area contributed by atoms with Crippen LogP contribution in [-0.4, -0.2) is 34.4 Å². The van der Waals surface area contributed by atoms with E-state index in [9.17, 15) is 18.0 Å². The van der Waals surface area contributed by atoms with Crippen LogP contribution >= 0.6 is 11.6 Å². The Kier molecular flexibility index (Phi) is 4.73. The zero-order valence-corrected chi connectivity index (χ0v) is 14.0. The lowest BCUT2D eigenvalue weighted by molar-refractivity contribution is -0.154. The Bertz CT molecular complexity index is 1000. The molecule has 6 nitrogen and oxygen atoms in total. The molecule has 2 heterocycles. The molecule has 136 valence electrons. The van der Waals surface area contributed by atoms with Crippen molar-refractivity contribution in [3.8, 4) is 17.3 Å². The predicted octanol–water partition coefficient (Wildman–Crippen LogP) is 3.38. The van der Waals surface area contributed by atoms with Gasteiger partial charge in [-0.2, -0.15) is 18.2 Å². The fourth-order valence-electron chi connectivity index (χ4n) is 2.22. The molecule has 2 aromatic heterocycles. The molecule has 0 aliphatic heterocycles. The van der Waals surface area contributed by atoms with E-state index in [0.717, 1.165) is 4.57 Å². The molecular weight excluding hydrogens is 375 g/mol. The summed E-state index contributed by atoms with van der Waals surface area (Å²) in [5.74, 6) is 0.272. The molecule has 0 spiro atoms. The Morgan fingerprint density at radius 3 is 2.42 bits per heavy atom. The molecule has 1 aromatic carbocycles. The minimum absolute atomic E-state index is 0.0178. The number of rotatable bonds is 4. The molecule has 10 heteroatoms. The predicted molar refractivity (Wildman–Crippen MR) is 88.2 cm³/mol. The quantitative estimate of drug-likeness (QED) is 0.688. The van der Waals surface area contributed by atoms with Crippen LogP contribution in [0, 0.1) is 0 Å². The lowest BCUT2D eigenvalue weighted by Crippen LogP contribution is -2.22. The van der Waals surface area contributed by atoms with Crippen LogP contribution in [0.15, 0.2) is 41.2 Å². The van der Waals surface area contributed by atoms with Crippen molar-refractivity contribution in [1.82, 2.24) is 14.5 Å². The van der Waals surface area contributed by atoms with Gasteiger partial charge < -0.3 is 9.47 Å². The van der Waals surface area contributed by atoms with Gasteiger partial charge in [0.2, 0.25) is 5.88 Å². The van der Waals surface area contributed by atoms with E-state index >= 15 is 0 Å². The fourth-order valence-corrected chi connectivity index (χ4v) is 2.40. The maximum Gasteiger partial charge on any atom is 0.422 e. The molecule has 0 amide bonds. The lowest BCUT2D eigenvalue weighted by atomic mass is 10.3. The number of alkyl halides is 3. The van der Waals surface area contributed by atoms with Crippen molar-refractivity contribution in [1.29, 1.82) is 0 Å². The second-order valence-corrected chi connectivity index (χ2v) is 5.50. The van der Waals surface area contributed by atoms with Gasteiger partial charge in [-0.15, -0.1) is 0 Å². The molecule has 0 N–H and O–H groups in total. The van der Waals surface area contributed by atoms with Crippen LogP contribution in [0.3, 0.4) is 0 Å². The Hall–Kier alpha value is -2.81. The molecular formula is C16H11ClF3N3O3. The normalized spacial score (nSPS) is 11.6. The number of fused-ring (bicyclic) bond motifs is 1. The molecule has 0 fully saturated rings. The van der Waals surface area contributed by atoms with Crippen LogP contribution in [0.5, 0.6) is 11.6 Å². The van der Waals surface area contributed by atoms with Gasteiger partial charge >= 0.3 is 6.18 Å². The first-order valence-electron chi connectivity index (χ1n) is 7.22. The van der Waals surface area contributed by atoms with Crippen LogP contribution in [0.2, 0.25) is 5.15 Å². The highest BCUT2D eigenvalue weighted by molar-refractivity contribution is 6.29. The number of pyridine rings is 1. The largest absolute Gasteiger partial charge is 0.497 e. The number of benzene rings is 1. The van der Waals surface area contributed by atoms with Gasteiger partial charge in [0, 0.05) is 6.07 Å². The average molecular weight is 386 g/mol. The maximum atomic E-state index is 12.4. The second kappa shape index (κ2) is 6.83. The van der Waals surface area contributed by atoms with Crippen LogP contribution in [-0.2, 0) is 0 Å². The van der Waals surface area contributed by atoms with E-state index in [1.54, 1.807) is 24.3 Å². The van der Waals surface area contributed by atoms with Crippen molar-refractivity contribution in [3.63, 3.8) is 0 Å². The van der Waals surface area contributed by atoms with E-state index in [4.69, 9.17) is 16.3 Å². The number of hydrogen-bond acceptors (Lipinski definition) is 5. The second-order valence-electron chi connectivity index (χ2n) is 5.14. The van der Waals surface area contributed by atoms with E-state index in [1.165, 1.54) is 19.2 Å². The van der Waals surface area contributed by atoms with Gasteiger partial charge in [-0.3, -0.25) is 9.36 Å². The van der Waals surface area contributed by atoms with Crippen molar-refractivity contribution < 1.29 is 22.6 Å². The number of aromatic nitrogens is 3. The fraction of sp³-hybridized carbons (Fsp3) is 0.188. The highest BCUT2D eigenvalue weighted by atomic mass is 35.5. The molecule has 0 saturated carbocycles. The molecule has 0 aliphatic rings. The molecule has 0 unspecified atom stereocenters. The third-order valence-electron chi connectivity index (χ3n) is 3.35. The average Bonchev–Trinajstić information content (AvgIpc) is 2.61. The van der Waals surface area contributed by atoms with Crippen LogP contribution < -0.4 is 15.0 Å². The number of halogens is 4. The summed E-state index contributed by atoms with van der Waals surface area (Å²) in [7, 11) is 1.49. The monoisotopic (exact) mass is 385 g/mol. The zero-order valence-electron chi connectivity index (χ0n) is 13.2. The van der Waals surface area contributed by atoms with Gasteiger partial charge in [0.25, 0.3) is 5.56 Å². The van der Waals surface area contributed by atoms with Crippen LogP contribution in [0.25, 0.3) is 16.9 Å². The third kappa shape index (κ3) is 3.72. The highest BCUT2D eigenvalue weighted by Crippen LogP contribution is 2.22. The number of ether oxygens (including phenoxy) is 2. The minimum Gasteiger partial charge on any atom is -0.497 e. The first-order valence-corrected chi connectivity index (χ1v) is 7.59. The van der Waals surface area contributed by atoms with Gasteiger partial charge in [0.15, 0.2) is 17.4 Å². The van der Waals surface area contributed by atoms with Crippen LogP contribution in [0.4, 0.5) is 13.2 Å². The van der Waals surface area contributed by atoms with Crippen molar-refractivity contribution in [2.75, 3.05) is 13.7 Å². The number of hydrogen-bond donors (Lipinski definition) is 0. The molecule has 0 aliphatic carbocycles. The zero-order chi connectivity index (χ0) is 18.9. The Morgan fingerprint density at radius 2 is 1.81 bits per heavy atom. The van der Waals surface area contributed by atoms with Crippen molar-refractivity contribution >= 4 is 22.8 Å². The lowest BCUT2D eigenvalue weighted by Gasteiger charge is -2.12. The molecule has 0 radical (unpaired) electrons. The molecule has 26 heavy (non-hydrogen) atoms. The summed E-state index contributed by atoms with van der Waals surface area (Å²) >= 11 is 5.89. The van der Waals surface area contributed by atoms with E-state index in [-0.39, 0.29) is 22.2 Å². The molecule has 3 aromatic rings. The molecule has 3 rings (SSSR count). The van der Waals surface area contributed by atoms with Gasteiger partial charge in [-0.1, -0.05) is 11.6 Å². The molecule has 0 atom stereocenters. The van der Waals surface area contributed by atoms with E-state index in [0.29, 0.717) is 11.4 Å². The molecule has 0 saturated heterocycles. The summed E-state index contributed by atoms with van der Waals surface area (Å²) in [4.78, 5) is 20.3. The standard InChI is InChI=1S/C16H11ClF3N3O3/c1-25-10-4-2-9(3-5-10)23-14-11(21-13(17)15(23)24)6-7-12(22-14)26-8-16(18,19)20/h2-7H,8H2,1H3. The summed E-state index contributed by atoms with van der Waals surface area (Å²) in [5, 5.41) is -0.293. The maximum absolute atomic E-state index is 12.4. The first kappa shape index (κ1) is 18.0. The third-order valence-corrected chi connectivity index (χ3v) is 3.60. The minimum atomic E-state index is -4.51. The summed E-state index contributed by atoms with van der Waals surface area (Å²) in [5.41, 5.74) is -0.0237. The van der Waals surface area contributed by atoms with Crippen LogP contribution in [0.1, 0.15) is 0 Å². The topological polar surface area (TPSA) is 66.2 Å². The number of nitrogens with zero attached hydrogens (tertiary/aromatic N) is 3. The van der Waals surface area contributed by atoms with Crippen molar-refractivity contribution in [2.45, 2.75) is 6.18 Å². The summed E-state index contributed by atoms with van der Waals surface area (Å²) in [6, 6.07) is 9.00. The molecule has 0 bridgehead atoms. The Balaban J connectivity index is 2.15. The summed E-state index contributed by atoms with van der Waals surface area (Å²) < 4.78 is 47.9. The Morgan fingerprint density at radius 1 is 1.12 bits per heavy atom. The highest BCUT2D eigenvalue weighted by Gasteiger charge is 2.28. The van der Waals surface area contributed by atoms with Crippen molar-refractivity contribution in [3.05, 3.63) is 51.9 Å². The number of methoxy groups -OCH3 is 1. The Labute approximate surface area is 149 Å². The van der Waals surface area contributed by atoms with E-state index in [2.05, 4.69) is 14.7 Å². The van der Waals surface area contributed by atoms with Gasteiger partial charge in [-0.25, -0.2) is 4.98 Å².